The summed E-state index contributed by atoms with van der Waals surface area (Å²) in [5.74, 6) is -0.765. The van der Waals surface area contributed by atoms with E-state index in [9.17, 15) is 9.59 Å². The highest BCUT2D eigenvalue weighted by Gasteiger charge is 2.28. The van der Waals surface area contributed by atoms with Gasteiger partial charge in [-0.25, -0.2) is 4.79 Å². The Labute approximate surface area is 98.9 Å². The molecule has 2 rings (SSSR count). The van der Waals surface area contributed by atoms with E-state index in [0.29, 0.717) is 6.42 Å². The Morgan fingerprint density at radius 2 is 2.29 bits per heavy atom. The number of aliphatic imine (C=N–C) groups is 1. The SMILES string of the molecule is O=C(O)CCCCC1=CC=CC2=NC(=O)NC12. The number of aliphatic carboxylic acids is 1. The number of hydrogen-bond acceptors (Lipinski definition) is 2. The second-order valence-corrected chi connectivity index (χ2v) is 4.12. The molecule has 0 aromatic rings. The van der Waals surface area contributed by atoms with E-state index in [-0.39, 0.29) is 18.5 Å². The number of carboxylic acid groups (broad SMARTS) is 1. The van der Waals surface area contributed by atoms with Gasteiger partial charge < -0.3 is 10.4 Å². The molecule has 17 heavy (non-hydrogen) atoms. The number of carbonyl (C=O) groups is 2. The molecule has 5 heteroatoms. The van der Waals surface area contributed by atoms with Crippen molar-refractivity contribution in [3.05, 3.63) is 23.8 Å². The molecule has 0 aromatic heterocycles. The fraction of sp³-hybridized carbons (Fsp3) is 0.417. The Kier molecular flexibility index (Phi) is 3.37. The predicted molar refractivity (Wildman–Crippen MR) is 63.1 cm³/mol. The summed E-state index contributed by atoms with van der Waals surface area (Å²) in [5.41, 5.74) is 1.85. The van der Waals surface area contributed by atoms with Crippen LogP contribution >= 0.6 is 0 Å². The van der Waals surface area contributed by atoms with Gasteiger partial charge in [0.05, 0.1) is 11.8 Å². The number of amides is 2. The average Bonchev–Trinajstić information content (AvgIpc) is 2.65. The first-order valence-corrected chi connectivity index (χ1v) is 5.65. The molecule has 5 nitrogen and oxygen atoms in total. The van der Waals surface area contributed by atoms with Crippen molar-refractivity contribution >= 4 is 17.7 Å². The van der Waals surface area contributed by atoms with Gasteiger partial charge in [-0.05, 0) is 30.9 Å². The third-order valence-corrected chi connectivity index (χ3v) is 2.85. The van der Waals surface area contributed by atoms with Crippen LogP contribution in [0.2, 0.25) is 0 Å². The van der Waals surface area contributed by atoms with E-state index in [1.165, 1.54) is 0 Å². The minimum Gasteiger partial charge on any atom is -0.481 e. The maximum absolute atomic E-state index is 11.1. The Morgan fingerprint density at radius 1 is 1.47 bits per heavy atom. The van der Waals surface area contributed by atoms with Crippen molar-refractivity contribution in [1.82, 2.24) is 5.32 Å². The number of rotatable bonds is 5. The van der Waals surface area contributed by atoms with Crippen molar-refractivity contribution in [3.63, 3.8) is 0 Å². The van der Waals surface area contributed by atoms with Crippen LogP contribution in [0.4, 0.5) is 4.79 Å². The number of allylic oxidation sites excluding steroid dienone is 2. The molecule has 2 aliphatic rings. The summed E-state index contributed by atoms with van der Waals surface area (Å²) in [4.78, 5) is 25.4. The Bertz CT molecular complexity index is 435. The lowest BCUT2D eigenvalue weighted by Gasteiger charge is -2.18. The number of urea groups is 1. The Hall–Kier alpha value is -1.91. The van der Waals surface area contributed by atoms with Gasteiger partial charge in [0.25, 0.3) is 0 Å². The van der Waals surface area contributed by atoms with Crippen LogP contribution in [0.15, 0.2) is 28.8 Å². The number of carboxylic acids is 1. The molecule has 1 aliphatic heterocycles. The van der Waals surface area contributed by atoms with E-state index >= 15 is 0 Å². The first-order chi connectivity index (χ1) is 8.16. The molecular formula is C12H14N2O3. The number of carbonyl (C=O) groups excluding carboxylic acids is 1. The third kappa shape index (κ3) is 2.81. The molecule has 2 N–H and O–H groups in total. The lowest BCUT2D eigenvalue weighted by atomic mass is 9.93. The van der Waals surface area contributed by atoms with Crippen LogP contribution in [0.25, 0.3) is 0 Å². The normalized spacial score (nSPS) is 21.6. The van der Waals surface area contributed by atoms with Gasteiger partial charge in [0.15, 0.2) is 0 Å². The maximum Gasteiger partial charge on any atom is 0.342 e. The van der Waals surface area contributed by atoms with E-state index in [0.717, 1.165) is 24.1 Å². The number of nitrogens with zero attached hydrogens (tertiary/aromatic N) is 1. The molecule has 1 unspecified atom stereocenters. The number of nitrogens with one attached hydrogen (secondary N) is 1. The van der Waals surface area contributed by atoms with Crippen molar-refractivity contribution in [2.75, 3.05) is 0 Å². The van der Waals surface area contributed by atoms with Gasteiger partial charge >= 0.3 is 12.0 Å². The molecule has 2 amide bonds. The zero-order chi connectivity index (χ0) is 12.3. The largest absolute Gasteiger partial charge is 0.481 e. The average molecular weight is 234 g/mol. The van der Waals surface area contributed by atoms with E-state index in [1.807, 2.05) is 18.2 Å². The summed E-state index contributed by atoms with van der Waals surface area (Å²) in [6.07, 6.45) is 8.12. The van der Waals surface area contributed by atoms with Crippen LogP contribution in [-0.2, 0) is 4.79 Å². The van der Waals surface area contributed by atoms with Gasteiger partial charge in [-0.1, -0.05) is 12.2 Å². The lowest BCUT2D eigenvalue weighted by Crippen LogP contribution is -2.34. The maximum atomic E-state index is 11.1. The van der Waals surface area contributed by atoms with Gasteiger partial charge in [0.1, 0.15) is 0 Å². The fourth-order valence-corrected chi connectivity index (χ4v) is 2.03. The summed E-state index contributed by atoms with van der Waals surface area (Å²) in [5, 5.41) is 11.3. The molecule has 0 bridgehead atoms. The molecule has 1 aliphatic carbocycles. The van der Waals surface area contributed by atoms with Crippen molar-refractivity contribution in [3.8, 4) is 0 Å². The van der Waals surface area contributed by atoms with E-state index in [2.05, 4.69) is 10.3 Å². The van der Waals surface area contributed by atoms with E-state index in [1.54, 1.807) is 0 Å². The number of unbranched alkanes of at least 4 members (excludes halogenated alkanes) is 1. The predicted octanol–water partition coefficient (Wildman–Crippen LogP) is 1.66. The first kappa shape index (κ1) is 11.6. The summed E-state index contributed by atoms with van der Waals surface area (Å²) in [6, 6.07) is -0.398. The van der Waals surface area contributed by atoms with Gasteiger partial charge in [0, 0.05) is 6.42 Å². The molecule has 90 valence electrons. The zero-order valence-corrected chi connectivity index (χ0v) is 9.35. The molecule has 0 saturated heterocycles. The fourth-order valence-electron chi connectivity index (χ4n) is 2.03. The highest BCUT2D eigenvalue weighted by atomic mass is 16.4. The van der Waals surface area contributed by atoms with Crippen LogP contribution in [0.5, 0.6) is 0 Å². The molecule has 1 heterocycles. The molecule has 0 saturated carbocycles. The lowest BCUT2D eigenvalue weighted by molar-refractivity contribution is -0.137. The van der Waals surface area contributed by atoms with Gasteiger partial charge in [-0.3, -0.25) is 4.79 Å². The van der Waals surface area contributed by atoms with Gasteiger partial charge in [-0.2, -0.15) is 4.99 Å². The number of fused-ring (bicyclic) bond motifs is 1. The first-order valence-electron chi connectivity index (χ1n) is 5.65. The number of hydrogen-bond donors (Lipinski definition) is 2. The quantitative estimate of drug-likeness (QED) is 0.710. The summed E-state index contributed by atoms with van der Waals surface area (Å²) in [7, 11) is 0. The van der Waals surface area contributed by atoms with E-state index < -0.39 is 5.97 Å². The Balaban J connectivity index is 1.87. The van der Waals surface area contributed by atoms with Gasteiger partial charge in [0.2, 0.25) is 0 Å². The van der Waals surface area contributed by atoms with Crippen LogP contribution in [-0.4, -0.2) is 28.9 Å². The molecule has 1 atom stereocenters. The van der Waals surface area contributed by atoms with Crippen molar-refractivity contribution in [1.29, 1.82) is 0 Å². The highest BCUT2D eigenvalue weighted by molar-refractivity contribution is 6.13. The molecule has 0 fully saturated rings. The highest BCUT2D eigenvalue weighted by Crippen LogP contribution is 2.21. The second kappa shape index (κ2) is 4.95. The zero-order valence-electron chi connectivity index (χ0n) is 9.35. The van der Waals surface area contributed by atoms with Crippen molar-refractivity contribution in [2.24, 2.45) is 4.99 Å². The topological polar surface area (TPSA) is 78.8 Å². The summed E-state index contributed by atoms with van der Waals surface area (Å²) in [6.45, 7) is 0. The van der Waals surface area contributed by atoms with E-state index in [4.69, 9.17) is 5.11 Å². The van der Waals surface area contributed by atoms with Crippen LogP contribution in [0.1, 0.15) is 25.7 Å². The molecule has 0 radical (unpaired) electrons. The minimum absolute atomic E-state index is 0.0997. The summed E-state index contributed by atoms with van der Waals surface area (Å²) < 4.78 is 0. The minimum atomic E-state index is -0.765. The van der Waals surface area contributed by atoms with Crippen molar-refractivity contribution in [2.45, 2.75) is 31.7 Å². The Morgan fingerprint density at radius 3 is 3.06 bits per heavy atom. The second-order valence-electron chi connectivity index (χ2n) is 4.12. The molecule has 0 aromatic carbocycles. The summed E-state index contributed by atoms with van der Waals surface area (Å²) >= 11 is 0. The molecular weight excluding hydrogens is 220 g/mol. The third-order valence-electron chi connectivity index (χ3n) is 2.85. The smallest absolute Gasteiger partial charge is 0.342 e. The van der Waals surface area contributed by atoms with Crippen LogP contribution in [0, 0.1) is 0 Å². The van der Waals surface area contributed by atoms with Gasteiger partial charge in [-0.15, -0.1) is 0 Å². The standard InChI is InChI=1S/C12H14N2O3/c15-10(16)7-2-1-4-8-5-3-6-9-11(8)14-12(17)13-9/h3,5-6,11H,1-2,4,7H2,(H,14,17)(H,15,16). The van der Waals surface area contributed by atoms with Crippen LogP contribution < -0.4 is 5.32 Å². The monoisotopic (exact) mass is 234 g/mol. The van der Waals surface area contributed by atoms with Crippen LogP contribution in [0.3, 0.4) is 0 Å². The molecule has 0 spiro atoms. The van der Waals surface area contributed by atoms with Crippen molar-refractivity contribution < 1.29 is 14.7 Å².